The molecule has 0 saturated carbocycles. The fourth-order valence-corrected chi connectivity index (χ4v) is 3.04. The Labute approximate surface area is 159 Å². The summed E-state index contributed by atoms with van der Waals surface area (Å²) in [5.41, 5.74) is 1.76. The van der Waals surface area contributed by atoms with E-state index in [1.54, 1.807) is 29.2 Å². The molecule has 10 heteroatoms. The summed E-state index contributed by atoms with van der Waals surface area (Å²) in [5, 5.41) is 6.62. The number of hydrogen-bond donors (Lipinski definition) is 2. The number of hydrogen-bond acceptors (Lipinski definition) is 6. The van der Waals surface area contributed by atoms with Gasteiger partial charge in [0.25, 0.3) is 0 Å². The number of ether oxygens (including phenoxy) is 1. The van der Waals surface area contributed by atoms with Gasteiger partial charge in [0.05, 0.1) is 24.3 Å². The number of anilines is 1. The molecule has 1 fully saturated rings. The molecule has 0 spiro atoms. The molecule has 4 heterocycles. The van der Waals surface area contributed by atoms with E-state index in [1.807, 2.05) is 0 Å². The zero-order valence-electron chi connectivity index (χ0n) is 15.1. The van der Waals surface area contributed by atoms with Crippen LogP contribution in [0.5, 0.6) is 5.75 Å². The SMILES string of the molecule is CC(Oc1ccn2c(-c3cncc(N[C@@H]4CCNC4)n3)cnc2c1)C(F)(F)F. The van der Waals surface area contributed by atoms with Crippen LogP contribution in [0.15, 0.2) is 36.9 Å². The Morgan fingerprint density at radius 1 is 1.32 bits per heavy atom. The predicted octanol–water partition coefficient (Wildman–Crippen LogP) is 2.89. The van der Waals surface area contributed by atoms with Gasteiger partial charge in [-0.25, -0.2) is 9.97 Å². The van der Waals surface area contributed by atoms with Crippen LogP contribution in [0.1, 0.15) is 13.3 Å². The van der Waals surface area contributed by atoms with Crippen molar-refractivity contribution >= 4 is 11.5 Å². The molecule has 28 heavy (non-hydrogen) atoms. The topological polar surface area (TPSA) is 76.4 Å². The normalized spacial score (nSPS) is 18.4. The zero-order valence-corrected chi connectivity index (χ0v) is 15.1. The molecule has 2 atom stereocenters. The Bertz CT molecular complexity index is 967. The van der Waals surface area contributed by atoms with Crippen LogP contribution in [0, 0.1) is 0 Å². The van der Waals surface area contributed by atoms with Gasteiger partial charge in [0.2, 0.25) is 0 Å². The minimum atomic E-state index is -4.43. The first kappa shape index (κ1) is 18.5. The van der Waals surface area contributed by atoms with E-state index in [2.05, 4.69) is 25.6 Å². The van der Waals surface area contributed by atoms with Crippen molar-refractivity contribution in [1.82, 2.24) is 24.7 Å². The molecule has 2 N–H and O–H groups in total. The van der Waals surface area contributed by atoms with Gasteiger partial charge in [-0.05, 0) is 26.0 Å². The fourth-order valence-electron chi connectivity index (χ4n) is 3.04. The first-order valence-electron chi connectivity index (χ1n) is 8.90. The van der Waals surface area contributed by atoms with Crippen molar-refractivity contribution in [3.8, 4) is 17.1 Å². The summed E-state index contributed by atoms with van der Waals surface area (Å²) in [6.07, 6.45) is 1.19. The van der Waals surface area contributed by atoms with Gasteiger partial charge in [-0.15, -0.1) is 0 Å². The number of halogens is 3. The number of nitrogens with one attached hydrogen (secondary N) is 2. The smallest absolute Gasteiger partial charge is 0.425 e. The maximum atomic E-state index is 12.7. The average Bonchev–Trinajstić information content (AvgIpc) is 3.30. The lowest BCUT2D eigenvalue weighted by Gasteiger charge is -2.17. The van der Waals surface area contributed by atoms with E-state index in [0.717, 1.165) is 26.4 Å². The number of imidazole rings is 1. The number of nitrogens with zero attached hydrogens (tertiary/aromatic N) is 4. The molecule has 0 radical (unpaired) electrons. The van der Waals surface area contributed by atoms with Gasteiger partial charge in [0, 0.05) is 24.8 Å². The van der Waals surface area contributed by atoms with E-state index < -0.39 is 12.3 Å². The van der Waals surface area contributed by atoms with Crippen LogP contribution in [0.2, 0.25) is 0 Å². The minimum absolute atomic E-state index is 0.102. The van der Waals surface area contributed by atoms with E-state index in [1.165, 1.54) is 12.1 Å². The maximum absolute atomic E-state index is 12.7. The van der Waals surface area contributed by atoms with E-state index in [0.29, 0.717) is 28.9 Å². The summed E-state index contributed by atoms with van der Waals surface area (Å²) in [4.78, 5) is 13.1. The van der Waals surface area contributed by atoms with Crippen molar-refractivity contribution in [3.63, 3.8) is 0 Å². The lowest BCUT2D eigenvalue weighted by atomic mass is 10.2. The molecule has 0 aliphatic carbocycles. The summed E-state index contributed by atoms with van der Waals surface area (Å²) >= 11 is 0. The number of pyridine rings is 1. The van der Waals surface area contributed by atoms with Crippen molar-refractivity contribution in [1.29, 1.82) is 0 Å². The van der Waals surface area contributed by atoms with Crippen LogP contribution in [0.4, 0.5) is 19.0 Å². The Balaban J connectivity index is 1.58. The monoisotopic (exact) mass is 392 g/mol. The lowest BCUT2D eigenvalue weighted by Crippen LogP contribution is -2.31. The third-order valence-corrected chi connectivity index (χ3v) is 4.57. The molecule has 148 valence electrons. The largest absolute Gasteiger partial charge is 0.481 e. The minimum Gasteiger partial charge on any atom is -0.481 e. The average molecular weight is 392 g/mol. The van der Waals surface area contributed by atoms with Crippen molar-refractivity contribution in [2.45, 2.75) is 31.7 Å². The van der Waals surface area contributed by atoms with Gasteiger partial charge < -0.3 is 15.4 Å². The molecule has 1 aliphatic rings. The summed E-state index contributed by atoms with van der Waals surface area (Å²) in [7, 11) is 0. The molecule has 7 nitrogen and oxygen atoms in total. The van der Waals surface area contributed by atoms with Crippen molar-refractivity contribution in [3.05, 3.63) is 36.9 Å². The van der Waals surface area contributed by atoms with E-state index in [-0.39, 0.29) is 5.75 Å². The Morgan fingerprint density at radius 2 is 2.18 bits per heavy atom. The molecule has 1 unspecified atom stereocenters. The molecule has 0 amide bonds. The highest BCUT2D eigenvalue weighted by Gasteiger charge is 2.38. The molecule has 0 aromatic carbocycles. The Hall–Kier alpha value is -2.88. The summed E-state index contributed by atoms with van der Waals surface area (Å²) in [6.45, 7) is 2.81. The van der Waals surface area contributed by atoms with Gasteiger partial charge >= 0.3 is 6.18 Å². The highest BCUT2D eigenvalue weighted by Crippen LogP contribution is 2.27. The highest BCUT2D eigenvalue weighted by atomic mass is 19.4. The van der Waals surface area contributed by atoms with E-state index in [9.17, 15) is 13.2 Å². The number of aromatic nitrogens is 4. The van der Waals surface area contributed by atoms with Gasteiger partial charge in [0.15, 0.2) is 6.10 Å². The van der Waals surface area contributed by atoms with Crippen LogP contribution >= 0.6 is 0 Å². The van der Waals surface area contributed by atoms with E-state index >= 15 is 0 Å². The molecule has 1 aliphatic heterocycles. The summed E-state index contributed by atoms with van der Waals surface area (Å²) in [6, 6.07) is 3.24. The van der Waals surface area contributed by atoms with Crippen molar-refractivity contribution in [2.24, 2.45) is 0 Å². The number of fused-ring (bicyclic) bond motifs is 1. The number of rotatable bonds is 5. The second kappa shape index (κ2) is 7.27. The summed E-state index contributed by atoms with van der Waals surface area (Å²) in [5.74, 6) is 0.768. The summed E-state index contributed by atoms with van der Waals surface area (Å²) < 4.78 is 44.8. The zero-order chi connectivity index (χ0) is 19.7. The first-order chi connectivity index (χ1) is 13.4. The predicted molar refractivity (Wildman–Crippen MR) is 97.3 cm³/mol. The van der Waals surface area contributed by atoms with Crippen LogP contribution in [-0.2, 0) is 0 Å². The standard InChI is InChI=1S/C18H19F3N6O/c1-11(18(19,20)21)28-13-3-5-27-15(9-24-17(27)6-13)14-8-23-10-16(26-14)25-12-2-4-22-7-12/h3,5-6,8-12,22H,2,4,7H2,1H3,(H,25,26)/t11?,12-/m1/s1. The second-order valence-electron chi connectivity index (χ2n) is 6.66. The maximum Gasteiger partial charge on any atom is 0.425 e. The third kappa shape index (κ3) is 3.86. The Kier molecular flexibility index (Phi) is 4.80. The van der Waals surface area contributed by atoms with Crippen molar-refractivity contribution < 1.29 is 17.9 Å². The van der Waals surface area contributed by atoms with Crippen LogP contribution in [-0.4, -0.2) is 50.8 Å². The lowest BCUT2D eigenvalue weighted by molar-refractivity contribution is -0.189. The van der Waals surface area contributed by atoms with Gasteiger partial charge in [0.1, 0.15) is 22.9 Å². The first-order valence-corrected chi connectivity index (χ1v) is 8.90. The molecule has 4 rings (SSSR count). The number of alkyl halides is 3. The molecular weight excluding hydrogens is 373 g/mol. The molecule has 1 saturated heterocycles. The highest BCUT2D eigenvalue weighted by molar-refractivity contribution is 5.61. The third-order valence-electron chi connectivity index (χ3n) is 4.57. The second-order valence-corrected chi connectivity index (χ2v) is 6.66. The Morgan fingerprint density at radius 3 is 2.93 bits per heavy atom. The van der Waals surface area contributed by atoms with Gasteiger partial charge in [-0.3, -0.25) is 9.38 Å². The molecule has 3 aromatic rings. The van der Waals surface area contributed by atoms with Crippen LogP contribution in [0.3, 0.4) is 0 Å². The molecule has 3 aromatic heterocycles. The van der Waals surface area contributed by atoms with E-state index in [4.69, 9.17) is 4.74 Å². The van der Waals surface area contributed by atoms with Crippen LogP contribution < -0.4 is 15.4 Å². The molecule has 0 bridgehead atoms. The van der Waals surface area contributed by atoms with Gasteiger partial charge in [-0.1, -0.05) is 0 Å². The van der Waals surface area contributed by atoms with Crippen LogP contribution in [0.25, 0.3) is 17.0 Å². The van der Waals surface area contributed by atoms with Gasteiger partial charge in [-0.2, -0.15) is 13.2 Å². The molecular formula is C18H19F3N6O. The quantitative estimate of drug-likeness (QED) is 0.695. The van der Waals surface area contributed by atoms with Crippen molar-refractivity contribution in [2.75, 3.05) is 18.4 Å². The fraction of sp³-hybridized carbons (Fsp3) is 0.389.